The van der Waals surface area contributed by atoms with E-state index in [2.05, 4.69) is 55.0 Å². The zero-order valence-electron chi connectivity index (χ0n) is 23.9. The lowest BCUT2D eigenvalue weighted by molar-refractivity contribution is -0.153. The summed E-state index contributed by atoms with van der Waals surface area (Å²) in [6.07, 6.45) is 10.8. The maximum Gasteiger partial charge on any atom is 0.302 e. The first-order valence-electron chi connectivity index (χ1n) is 14.5. The molecule has 0 radical (unpaired) electrons. The normalized spacial score (nSPS) is 42.3. The second-order valence-electron chi connectivity index (χ2n) is 14.2. The van der Waals surface area contributed by atoms with Gasteiger partial charge in [-0.3, -0.25) is 4.79 Å². The maximum atomic E-state index is 12.3. The van der Waals surface area contributed by atoms with Gasteiger partial charge in [-0.2, -0.15) is 0 Å². The van der Waals surface area contributed by atoms with Gasteiger partial charge in [-0.05, 0) is 98.2 Å². The summed E-state index contributed by atoms with van der Waals surface area (Å²) in [6.45, 7) is 22.4. The molecule has 1 N–H and O–H groups in total. The van der Waals surface area contributed by atoms with Gasteiger partial charge in [0.05, 0.1) is 6.10 Å². The summed E-state index contributed by atoms with van der Waals surface area (Å²) in [6, 6.07) is 0. The molecule has 198 valence electrons. The van der Waals surface area contributed by atoms with E-state index in [-0.39, 0.29) is 39.8 Å². The van der Waals surface area contributed by atoms with Crippen LogP contribution in [0.25, 0.3) is 0 Å². The lowest BCUT2D eigenvalue weighted by Crippen LogP contribution is -2.56. The van der Waals surface area contributed by atoms with Crippen molar-refractivity contribution in [3.05, 3.63) is 23.3 Å². The first-order chi connectivity index (χ1) is 16.2. The molecule has 0 unspecified atom stereocenters. The highest BCUT2D eigenvalue weighted by molar-refractivity contribution is 5.66. The molecule has 35 heavy (non-hydrogen) atoms. The average molecular weight is 485 g/mol. The van der Waals surface area contributed by atoms with Crippen LogP contribution in [0.15, 0.2) is 23.3 Å². The molecule has 7 atom stereocenters. The lowest BCUT2D eigenvalue weighted by atomic mass is 9.43. The zero-order chi connectivity index (χ0) is 26.0. The van der Waals surface area contributed by atoms with Crippen molar-refractivity contribution in [1.29, 1.82) is 0 Å². The van der Waals surface area contributed by atoms with Gasteiger partial charge in [-0.25, -0.2) is 0 Å². The minimum absolute atomic E-state index is 0.0315. The second-order valence-corrected chi connectivity index (χ2v) is 14.2. The number of carbonyl (C=O) groups is 1. The van der Waals surface area contributed by atoms with E-state index >= 15 is 0 Å². The Hall–Kier alpha value is -1.09. The molecule has 2 saturated carbocycles. The summed E-state index contributed by atoms with van der Waals surface area (Å²) in [5, 5.41) is 10.9. The number of fused-ring (bicyclic) bond motifs is 4. The van der Waals surface area contributed by atoms with Crippen LogP contribution in [-0.4, -0.2) is 23.3 Å². The highest BCUT2D eigenvalue weighted by atomic mass is 16.5. The highest BCUT2D eigenvalue weighted by Gasteiger charge is 2.66. The molecule has 2 fully saturated rings. The molecule has 3 nitrogen and oxygen atoms in total. The first kappa shape index (κ1) is 27.0. The van der Waals surface area contributed by atoms with Gasteiger partial charge in [-0.1, -0.05) is 71.8 Å². The van der Waals surface area contributed by atoms with Crippen molar-refractivity contribution < 1.29 is 14.6 Å². The van der Waals surface area contributed by atoms with Crippen molar-refractivity contribution in [1.82, 2.24) is 0 Å². The summed E-state index contributed by atoms with van der Waals surface area (Å²) in [5.74, 6) is 1.49. The van der Waals surface area contributed by atoms with Crippen LogP contribution in [0.1, 0.15) is 120 Å². The molecule has 4 aliphatic carbocycles. The van der Waals surface area contributed by atoms with Crippen LogP contribution in [0.4, 0.5) is 0 Å². The third kappa shape index (κ3) is 3.98. The number of ether oxygens (including phenoxy) is 1. The number of rotatable bonds is 6. The van der Waals surface area contributed by atoms with E-state index in [9.17, 15) is 9.90 Å². The highest BCUT2D eigenvalue weighted by Crippen LogP contribution is 2.72. The smallest absolute Gasteiger partial charge is 0.302 e. The van der Waals surface area contributed by atoms with E-state index in [1.165, 1.54) is 31.3 Å². The Kier molecular flexibility index (Phi) is 6.96. The molecule has 0 aromatic rings. The van der Waals surface area contributed by atoms with Crippen LogP contribution < -0.4 is 0 Å². The molecular weight excluding hydrogens is 432 g/mol. The molecular formula is C32H52O3. The Balaban J connectivity index is 1.71. The predicted octanol–water partition coefficient (Wildman–Crippen LogP) is 8.02. The third-order valence-corrected chi connectivity index (χ3v) is 12.1. The molecule has 0 saturated heterocycles. The fraction of sp³-hybridized carbons (Fsp3) is 0.844. The van der Waals surface area contributed by atoms with E-state index < -0.39 is 0 Å². The first-order valence-corrected chi connectivity index (χ1v) is 14.5. The fourth-order valence-electron chi connectivity index (χ4n) is 9.48. The molecule has 0 amide bonds. The molecule has 3 heteroatoms. The average Bonchev–Trinajstić information content (AvgIpc) is 2.98. The molecule has 0 spiro atoms. The van der Waals surface area contributed by atoms with Gasteiger partial charge >= 0.3 is 5.97 Å². The summed E-state index contributed by atoms with van der Waals surface area (Å²) < 4.78 is 6.19. The van der Waals surface area contributed by atoms with Gasteiger partial charge in [-0.15, -0.1) is 0 Å². The lowest BCUT2D eigenvalue weighted by Gasteiger charge is -2.62. The fourth-order valence-corrected chi connectivity index (χ4v) is 9.48. The number of carbonyl (C=O) groups excluding carboxylic acids is 1. The van der Waals surface area contributed by atoms with Gasteiger partial charge in [0, 0.05) is 12.3 Å². The van der Waals surface area contributed by atoms with Gasteiger partial charge < -0.3 is 9.84 Å². The van der Waals surface area contributed by atoms with Gasteiger partial charge in [0.1, 0.15) is 6.10 Å². The summed E-state index contributed by atoms with van der Waals surface area (Å²) in [5.41, 5.74) is 4.79. The minimum Gasteiger partial charge on any atom is -0.462 e. The third-order valence-electron chi connectivity index (χ3n) is 12.1. The van der Waals surface area contributed by atoms with E-state index in [1.54, 1.807) is 18.1 Å². The number of allylic oxidation sites excluding steroid dienone is 2. The summed E-state index contributed by atoms with van der Waals surface area (Å²) in [4.78, 5) is 12.3. The van der Waals surface area contributed by atoms with E-state index in [1.807, 2.05) is 0 Å². The van der Waals surface area contributed by atoms with Crippen molar-refractivity contribution in [2.24, 2.45) is 39.4 Å². The van der Waals surface area contributed by atoms with Crippen LogP contribution in [0.5, 0.6) is 0 Å². The van der Waals surface area contributed by atoms with Crippen LogP contribution in [0.3, 0.4) is 0 Å². The van der Waals surface area contributed by atoms with Gasteiger partial charge in [0.15, 0.2) is 0 Å². The Morgan fingerprint density at radius 1 is 1.09 bits per heavy atom. The maximum absolute atomic E-state index is 12.3. The number of esters is 1. The molecule has 0 aromatic heterocycles. The van der Waals surface area contributed by atoms with Crippen molar-refractivity contribution in [2.45, 2.75) is 132 Å². The van der Waals surface area contributed by atoms with Crippen LogP contribution in [0, 0.1) is 39.4 Å². The summed E-state index contributed by atoms with van der Waals surface area (Å²) >= 11 is 0. The SMILES string of the molecule is C=C(CCC[C@H]1C[C@H](OC(C)=O)[C@@]2(C)C3=C(CC[C@]12C)[C@@]1(C)CC[C@H](O)C(C)(C)[C@@H]1CC3)C(C)C. The van der Waals surface area contributed by atoms with Crippen LogP contribution in [-0.2, 0) is 9.53 Å². The monoisotopic (exact) mass is 484 g/mol. The van der Waals surface area contributed by atoms with Gasteiger partial charge in [0.2, 0.25) is 0 Å². The van der Waals surface area contributed by atoms with Crippen molar-refractivity contribution in [3.63, 3.8) is 0 Å². The number of hydrogen-bond donors (Lipinski definition) is 1. The van der Waals surface area contributed by atoms with E-state index in [0.717, 1.165) is 38.5 Å². The minimum atomic E-state index is -0.211. The number of aliphatic hydroxyl groups is 1. The van der Waals surface area contributed by atoms with Gasteiger partial charge in [0.25, 0.3) is 0 Å². The number of aliphatic hydroxyl groups excluding tert-OH is 1. The predicted molar refractivity (Wildman–Crippen MR) is 144 cm³/mol. The molecule has 0 bridgehead atoms. The largest absolute Gasteiger partial charge is 0.462 e. The molecule has 4 aliphatic rings. The quantitative estimate of drug-likeness (QED) is 0.307. The topological polar surface area (TPSA) is 46.5 Å². The Bertz CT molecular complexity index is 896. The van der Waals surface area contributed by atoms with E-state index in [4.69, 9.17) is 4.74 Å². The molecule has 0 heterocycles. The second kappa shape index (κ2) is 9.03. The molecule has 0 aromatic carbocycles. The van der Waals surface area contributed by atoms with Crippen molar-refractivity contribution >= 4 is 5.97 Å². The molecule has 0 aliphatic heterocycles. The Labute approximate surface area is 215 Å². The summed E-state index contributed by atoms with van der Waals surface area (Å²) in [7, 11) is 0. The Morgan fingerprint density at radius 3 is 2.40 bits per heavy atom. The number of hydrogen-bond acceptors (Lipinski definition) is 3. The molecule has 4 rings (SSSR count). The van der Waals surface area contributed by atoms with Crippen molar-refractivity contribution in [3.8, 4) is 0 Å². The van der Waals surface area contributed by atoms with E-state index in [0.29, 0.717) is 17.8 Å². The van der Waals surface area contributed by atoms with Crippen LogP contribution in [0.2, 0.25) is 0 Å². The Morgan fingerprint density at radius 2 is 1.77 bits per heavy atom. The zero-order valence-corrected chi connectivity index (χ0v) is 23.9. The standard InChI is InChI=1S/C32H52O3/c1-20(2)21(3)11-10-12-23-19-28(35-22(4)33)32(9)25-13-14-26-29(5,6)27(34)16-17-30(26,7)24(25)15-18-31(23,32)8/h20,23,26-28,34H,3,10-19H2,1-2,4-9H3/t23-,26-,27-,28-,30+,31+,32+/m0/s1. The van der Waals surface area contributed by atoms with Crippen LogP contribution >= 0.6 is 0 Å². The van der Waals surface area contributed by atoms with Crippen molar-refractivity contribution in [2.75, 3.05) is 0 Å².